The molecule has 0 saturated carbocycles. The number of hydrogen-bond donors (Lipinski definition) is 1. The first-order valence-corrected chi connectivity index (χ1v) is 9.55. The number of benzene rings is 2. The van der Waals surface area contributed by atoms with Gasteiger partial charge in [-0.15, -0.1) is 11.8 Å². The first-order chi connectivity index (χ1) is 12.2. The van der Waals surface area contributed by atoms with Gasteiger partial charge >= 0.3 is 0 Å². The number of pyridine rings is 1. The van der Waals surface area contributed by atoms with Crippen molar-refractivity contribution in [2.75, 3.05) is 0 Å². The van der Waals surface area contributed by atoms with Gasteiger partial charge in [-0.2, -0.15) is 0 Å². The van der Waals surface area contributed by atoms with Crippen molar-refractivity contribution in [3.63, 3.8) is 0 Å². The summed E-state index contributed by atoms with van der Waals surface area (Å²) in [4.78, 5) is 4.95. The van der Waals surface area contributed by atoms with Crippen LogP contribution in [0.5, 0.6) is 0 Å². The third-order valence-electron chi connectivity index (χ3n) is 3.68. The maximum Gasteiger partial charge on any atom is 0.149 e. The van der Waals surface area contributed by atoms with E-state index in [-0.39, 0.29) is 16.3 Å². The Morgan fingerprint density at radius 3 is 2.58 bits per heavy atom. The summed E-state index contributed by atoms with van der Waals surface area (Å²) in [6, 6.07) is 10.0. The van der Waals surface area contributed by atoms with Crippen LogP contribution in [0, 0.1) is 11.2 Å². The molecule has 1 aromatic heterocycles. The molecule has 26 heavy (non-hydrogen) atoms. The Morgan fingerprint density at radius 2 is 1.88 bits per heavy atom. The zero-order valence-electron chi connectivity index (χ0n) is 14.5. The molecule has 1 N–H and O–H groups in total. The summed E-state index contributed by atoms with van der Waals surface area (Å²) in [5.74, 6) is -0.376. The van der Waals surface area contributed by atoms with Crippen molar-refractivity contribution in [1.82, 2.24) is 4.98 Å². The van der Waals surface area contributed by atoms with Gasteiger partial charge in [0.25, 0.3) is 0 Å². The average Bonchev–Trinajstić information content (AvgIpc) is 2.57. The third kappa shape index (κ3) is 3.88. The van der Waals surface area contributed by atoms with Crippen molar-refractivity contribution >= 4 is 51.6 Å². The normalized spacial score (nSPS) is 11.8. The molecule has 0 unspecified atom stereocenters. The highest BCUT2D eigenvalue weighted by Gasteiger charge is 2.22. The highest BCUT2D eigenvalue weighted by Crippen LogP contribution is 2.42. The lowest BCUT2D eigenvalue weighted by atomic mass is 10.0. The number of hydrogen-bond acceptors (Lipinski definition) is 3. The van der Waals surface area contributed by atoms with Gasteiger partial charge in [0.05, 0.1) is 15.8 Å². The van der Waals surface area contributed by atoms with Gasteiger partial charge in [0.1, 0.15) is 11.3 Å². The van der Waals surface area contributed by atoms with E-state index in [1.54, 1.807) is 42.1 Å². The predicted octanol–water partition coefficient (Wildman–Crippen LogP) is 6.99. The molecule has 0 saturated heterocycles. The molecular formula is C20H17Cl2FN2S. The maximum atomic E-state index is 13.8. The van der Waals surface area contributed by atoms with Crippen LogP contribution in [0.25, 0.3) is 10.9 Å². The van der Waals surface area contributed by atoms with Gasteiger partial charge in [-0.25, -0.2) is 4.39 Å². The van der Waals surface area contributed by atoms with E-state index in [0.29, 0.717) is 32.1 Å². The summed E-state index contributed by atoms with van der Waals surface area (Å²) in [7, 11) is 0. The predicted molar refractivity (Wildman–Crippen MR) is 110 cm³/mol. The molecule has 0 atom stereocenters. The van der Waals surface area contributed by atoms with E-state index in [4.69, 9.17) is 28.6 Å². The zero-order valence-corrected chi connectivity index (χ0v) is 16.9. The van der Waals surface area contributed by atoms with Crippen molar-refractivity contribution in [2.45, 2.75) is 30.4 Å². The second-order valence-corrected chi connectivity index (χ2v) is 9.49. The zero-order chi connectivity index (χ0) is 19.1. The molecule has 0 amide bonds. The molecule has 2 nitrogen and oxygen atoms in total. The van der Waals surface area contributed by atoms with E-state index in [0.717, 1.165) is 4.90 Å². The van der Waals surface area contributed by atoms with Crippen LogP contribution in [0.2, 0.25) is 10.0 Å². The summed E-state index contributed by atoms with van der Waals surface area (Å²) in [5.41, 5.74) is 1.84. The Hall–Kier alpha value is -1.62. The number of rotatable bonds is 3. The van der Waals surface area contributed by atoms with Crippen LogP contribution in [0.1, 0.15) is 31.9 Å². The van der Waals surface area contributed by atoms with Crippen LogP contribution in [-0.2, 0) is 0 Å². The Balaban J connectivity index is 2.12. The fourth-order valence-electron chi connectivity index (χ4n) is 2.55. The smallest absolute Gasteiger partial charge is 0.149 e. The van der Waals surface area contributed by atoms with Crippen LogP contribution in [0.3, 0.4) is 0 Å². The van der Waals surface area contributed by atoms with Gasteiger partial charge in [-0.1, -0.05) is 62.2 Å². The molecule has 6 heteroatoms. The Labute approximate surface area is 166 Å². The SMILES string of the molecule is CC(C)(C)Sc1c(C(=N)c2cnc3c(F)cccc3c2)ccc(Cl)c1Cl. The van der Waals surface area contributed by atoms with Crippen LogP contribution in [0.15, 0.2) is 47.5 Å². The van der Waals surface area contributed by atoms with Crippen molar-refractivity contribution in [3.8, 4) is 0 Å². The number of halogens is 3. The monoisotopic (exact) mass is 406 g/mol. The second kappa shape index (κ2) is 7.18. The first-order valence-electron chi connectivity index (χ1n) is 7.98. The summed E-state index contributed by atoms with van der Waals surface area (Å²) < 4.78 is 13.7. The van der Waals surface area contributed by atoms with Gasteiger partial charge in [-0.05, 0) is 18.2 Å². The molecular weight excluding hydrogens is 390 g/mol. The first kappa shape index (κ1) is 19.2. The Kier molecular flexibility index (Phi) is 5.29. The van der Waals surface area contributed by atoms with Crippen LogP contribution in [-0.4, -0.2) is 15.4 Å². The number of nitrogens with zero attached hydrogens (tertiary/aromatic N) is 1. The summed E-state index contributed by atoms with van der Waals surface area (Å²) >= 11 is 14.2. The molecule has 0 aliphatic heterocycles. The lowest BCUT2D eigenvalue weighted by Crippen LogP contribution is -2.11. The lowest BCUT2D eigenvalue weighted by Gasteiger charge is -2.22. The number of thioether (sulfide) groups is 1. The standard InChI is InChI=1S/C20H17Cl2FN2S/c1-20(2,3)26-19-13(7-8-14(21)16(19)22)17(24)12-9-11-5-4-6-15(23)18(11)25-10-12/h4-10,24H,1-3H3. The van der Waals surface area contributed by atoms with Gasteiger partial charge in [0, 0.05) is 32.4 Å². The lowest BCUT2D eigenvalue weighted by molar-refractivity contribution is 0.637. The van der Waals surface area contributed by atoms with Gasteiger partial charge in [0.15, 0.2) is 0 Å². The van der Waals surface area contributed by atoms with Crippen LogP contribution >= 0.6 is 35.0 Å². The van der Waals surface area contributed by atoms with E-state index in [1.165, 1.54) is 12.3 Å². The summed E-state index contributed by atoms with van der Waals surface area (Å²) in [6.45, 7) is 6.22. The molecule has 0 aliphatic carbocycles. The van der Waals surface area contributed by atoms with E-state index < -0.39 is 0 Å². The van der Waals surface area contributed by atoms with Gasteiger partial charge in [0.2, 0.25) is 0 Å². The third-order valence-corrected chi connectivity index (χ3v) is 5.83. The number of aromatic nitrogens is 1. The highest BCUT2D eigenvalue weighted by atomic mass is 35.5. The minimum absolute atomic E-state index is 0.103. The molecule has 0 radical (unpaired) electrons. The molecule has 1 heterocycles. The highest BCUT2D eigenvalue weighted by molar-refractivity contribution is 8.00. The fraction of sp³-hybridized carbons (Fsp3) is 0.200. The molecule has 0 fully saturated rings. The number of para-hydroxylation sites is 1. The van der Waals surface area contributed by atoms with E-state index in [2.05, 4.69) is 25.8 Å². The van der Waals surface area contributed by atoms with Crippen LogP contribution < -0.4 is 0 Å². The summed E-state index contributed by atoms with van der Waals surface area (Å²) in [5, 5.41) is 10.2. The molecule has 2 aromatic carbocycles. The maximum absolute atomic E-state index is 13.8. The minimum atomic E-state index is -0.376. The summed E-state index contributed by atoms with van der Waals surface area (Å²) in [6.07, 6.45) is 1.52. The topological polar surface area (TPSA) is 36.7 Å². The van der Waals surface area contributed by atoms with Gasteiger partial charge < -0.3 is 0 Å². The Bertz CT molecular complexity index is 1010. The van der Waals surface area contributed by atoms with Crippen molar-refractivity contribution in [1.29, 1.82) is 5.41 Å². The molecule has 134 valence electrons. The van der Waals surface area contributed by atoms with Crippen molar-refractivity contribution < 1.29 is 4.39 Å². The number of fused-ring (bicyclic) bond motifs is 1. The van der Waals surface area contributed by atoms with E-state index in [1.807, 2.05) is 0 Å². The average molecular weight is 407 g/mol. The Morgan fingerprint density at radius 1 is 1.15 bits per heavy atom. The van der Waals surface area contributed by atoms with E-state index in [9.17, 15) is 4.39 Å². The minimum Gasteiger partial charge on any atom is -0.300 e. The molecule has 0 bridgehead atoms. The van der Waals surface area contributed by atoms with E-state index >= 15 is 0 Å². The number of nitrogens with one attached hydrogen (secondary N) is 1. The van der Waals surface area contributed by atoms with Crippen LogP contribution in [0.4, 0.5) is 4.39 Å². The van der Waals surface area contributed by atoms with Crippen molar-refractivity contribution in [2.24, 2.45) is 0 Å². The second-order valence-electron chi connectivity index (χ2n) is 6.86. The largest absolute Gasteiger partial charge is 0.300 e. The molecule has 3 rings (SSSR count). The quantitative estimate of drug-likeness (QED) is 0.375. The molecule has 0 spiro atoms. The van der Waals surface area contributed by atoms with Gasteiger partial charge in [-0.3, -0.25) is 10.4 Å². The molecule has 3 aromatic rings. The fourth-order valence-corrected chi connectivity index (χ4v) is 4.14. The molecule has 0 aliphatic rings. The van der Waals surface area contributed by atoms with Crippen molar-refractivity contribution in [3.05, 3.63) is 69.6 Å².